The smallest absolute Gasteiger partial charge is 0.303 e. The normalized spacial score (nSPS) is 32.6. The first-order valence-corrected chi connectivity index (χ1v) is 25.2. The van der Waals surface area contributed by atoms with Gasteiger partial charge in [0, 0.05) is 49.6 Å². The molecule has 16 heteroatoms. The fourth-order valence-corrected chi connectivity index (χ4v) is 14.5. The zero-order chi connectivity index (χ0) is 45.1. The standard InChI is InChI=1S/C46H75N7O8S/c1-9-31-28-46(31,40(58)50-62(59,60)52(11-3)12-4)49-37(55)33-29-45(41(5,6)44(45)21-17-22-44)30-53(33)39(57)35(42(7)19-14-13-15-20-42)48-38(56)34(43(8)23-26-61-27-24-43)47-36(54)32-18-16-25-51(32)10-2/h9,31-35H,1,10-30H2,2-8H3,(H,47,54)(H,48,56)(H,49,55)(H,50,58)/t31-,32+,33+,34-,35-,45-,46-/m1/s1. The van der Waals surface area contributed by atoms with Gasteiger partial charge in [-0.3, -0.25) is 28.9 Å². The van der Waals surface area contributed by atoms with Gasteiger partial charge < -0.3 is 25.6 Å². The van der Waals surface area contributed by atoms with Crippen molar-refractivity contribution in [2.75, 3.05) is 45.9 Å². The predicted molar refractivity (Wildman–Crippen MR) is 235 cm³/mol. The molecule has 7 rings (SSSR count). The maximum absolute atomic E-state index is 15.7. The van der Waals surface area contributed by atoms with Crippen molar-refractivity contribution in [2.45, 2.75) is 168 Å². The van der Waals surface area contributed by atoms with E-state index in [-0.39, 0.29) is 53.6 Å². The summed E-state index contributed by atoms with van der Waals surface area (Å²) in [5.41, 5.74) is -3.33. The summed E-state index contributed by atoms with van der Waals surface area (Å²) in [5.74, 6) is -2.75. The van der Waals surface area contributed by atoms with Crippen LogP contribution in [0.25, 0.3) is 0 Å². The van der Waals surface area contributed by atoms with Gasteiger partial charge in [0.15, 0.2) is 0 Å². The van der Waals surface area contributed by atoms with Gasteiger partial charge in [-0.2, -0.15) is 12.7 Å². The molecule has 0 radical (unpaired) electrons. The van der Waals surface area contributed by atoms with E-state index in [1.807, 2.05) is 13.8 Å². The Bertz CT molecular complexity index is 1890. The van der Waals surface area contributed by atoms with Crippen LogP contribution in [0.15, 0.2) is 12.7 Å². The number of hydrogen-bond donors (Lipinski definition) is 4. The molecule has 0 aromatic carbocycles. The predicted octanol–water partition coefficient (Wildman–Crippen LogP) is 3.79. The molecule has 4 N–H and O–H groups in total. The van der Waals surface area contributed by atoms with E-state index in [0.29, 0.717) is 58.3 Å². The third-order valence-electron chi connectivity index (χ3n) is 17.9. The molecule has 3 aliphatic heterocycles. The Balaban J connectivity index is 1.21. The molecular weight excluding hydrogens is 811 g/mol. The lowest BCUT2D eigenvalue weighted by Crippen LogP contribution is -2.65. The van der Waals surface area contributed by atoms with Crippen molar-refractivity contribution in [3.63, 3.8) is 0 Å². The summed E-state index contributed by atoms with van der Waals surface area (Å²) >= 11 is 0. The van der Waals surface area contributed by atoms with E-state index in [0.717, 1.165) is 62.3 Å². The number of amides is 5. The van der Waals surface area contributed by atoms with Crippen LogP contribution in [0.3, 0.4) is 0 Å². The first-order valence-electron chi connectivity index (χ1n) is 23.8. The molecule has 4 saturated carbocycles. The van der Waals surface area contributed by atoms with Crippen LogP contribution in [0.4, 0.5) is 0 Å². The first-order chi connectivity index (χ1) is 29.3. The number of fused-ring (bicyclic) bond motifs is 1. The Morgan fingerprint density at radius 3 is 1.98 bits per heavy atom. The molecule has 3 heterocycles. The summed E-state index contributed by atoms with van der Waals surface area (Å²) in [7, 11) is -4.18. The van der Waals surface area contributed by atoms with Crippen molar-refractivity contribution in [1.82, 2.24) is 34.8 Å². The number of carbonyl (C=O) groups excluding carboxylic acids is 5. The summed E-state index contributed by atoms with van der Waals surface area (Å²) in [4.78, 5) is 77.6. The van der Waals surface area contributed by atoms with Gasteiger partial charge in [-0.05, 0) is 93.5 Å². The first kappa shape index (κ1) is 46.9. The summed E-state index contributed by atoms with van der Waals surface area (Å²) in [6, 6.07) is -3.20. The van der Waals surface area contributed by atoms with Gasteiger partial charge in [0.1, 0.15) is 23.7 Å². The van der Waals surface area contributed by atoms with Gasteiger partial charge in [-0.1, -0.05) is 80.2 Å². The second-order valence-corrected chi connectivity index (χ2v) is 22.7. The maximum Gasteiger partial charge on any atom is 0.303 e. The average molecular weight is 886 g/mol. The molecule has 2 spiro atoms. The van der Waals surface area contributed by atoms with Crippen LogP contribution < -0.4 is 20.7 Å². The molecule has 4 aliphatic carbocycles. The molecule has 0 aromatic rings. The van der Waals surface area contributed by atoms with Crippen LogP contribution in [0.2, 0.25) is 0 Å². The van der Waals surface area contributed by atoms with Crippen molar-refractivity contribution in [2.24, 2.45) is 33.0 Å². The molecule has 0 bridgehead atoms. The van der Waals surface area contributed by atoms with Gasteiger partial charge in [0.25, 0.3) is 5.91 Å². The largest absolute Gasteiger partial charge is 0.381 e. The van der Waals surface area contributed by atoms with Crippen molar-refractivity contribution in [1.29, 1.82) is 0 Å². The number of carbonyl (C=O) groups is 5. The van der Waals surface area contributed by atoms with Crippen LogP contribution in [-0.2, 0) is 38.9 Å². The number of nitrogens with one attached hydrogen (secondary N) is 4. The maximum atomic E-state index is 15.7. The van der Waals surface area contributed by atoms with Crippen LogP contribution in [0, 0.1) is 33.0 Å². The van der Waals surface area contributed by atoms with E-state index in [1.165, 1.54) is 0 Å². The minimum atomic E-state index is -4.18. The van der Waals surface area contributed by atoms with E-state index >= 15 is 9.59 Å². The highest BCUT2D eigenvalue weighted by Crippen LogP contribution is 2.88. The zero-order valence-electron chi connectivity index (χ0n) is 38.5. The second kappa shape index (κ2) is 17.0. The van der Waals surface area contributed by atoms with E-state index in [1.54, 1.807) is 24.8 Å². The SMILES string of the molecule is C=C[C@@H]1C[C@]1(NC(=O)[C@@H]1C[C@@]2(CN1C(=O)[C@@H](NC(=O)[C@@H](NC(=O)[C@@H]1CCCN1CC)C1(C)CCOCC1)C1(C)CCCCC1)C(C)(C)C21CCC1)C(=O)NS(=O)(=O)N(CC)CC. The minimum absolute atomic E-state index is 0.0309. The second-order valence-electron chi connectivity index (χ2n) is 21.0. The molecule has 5 amide bonds. The highest BCUT2D eigenvalue weighted by Gasteiger charge is 2.85. The van der Waals surface area contributed by atoms with Gasteiger partial charge in [0.2, 0.25) is 23.6 Å². The Hall–Kier alpha value is -3.08. The Morgan fingerprint density at radius 2 is 1.44 bits per heavy atom. The molecule has 7 aliphatic rings. The molecule has 3 saturated heterocycles. The van der Waals surface area contributed by atoms with E-state index in [4.69, 9.17) is 4.74 Å². The number of likely N-dealkylation sites (N-methyl/N-ethyl adjacent to an activating group) is 1. The fraction of sp³-hybridized carbons (Fsp3) is 0.848. The van der Waals surface area contributed by atoms with Crippen LogP contribution in [-0.4, -0.2) is 128 Å². The summed E-state index contributed by atoms with van der Waals surface area (Å²) < 4.78 is 35.6. The highest BCUT2D eigenvalue weighted by atomic mass is 32.2. The summed E-state index contributed by atoms with van der Waals surface area (Å²) in [6.07, 6.45) is 12.2. The van der Waals surface area contributed by atoms with Crippen molar-refractivity contribution in [3.05, 3.63) is 12.7 Å². The molecule has 0 unspecified atom stereocenters. The minimum Gasteiger partial charge on any atom is -0.381 e. The quantitative estimate of drug-likeness (QED) is 0.168. The van der Waals surface area contributed by atoms with Gasteiger partial charge in [-0.25, -0.2) is 4.72 Å². The number of nitrogens with zero attached hydrogens (tertiary/aromatic N) is 3. The highest BCUT2D eigenvalue weighted by molar-refractivity contribution is 7.87. The molecular formula is C46H75N7O8S. The van der Waals surface area contributed by atoms with Crippen LogP contribution in [0.1, 0.15) is 138 Å². The summed E-state index contributed by atoms with van der Waals surface area (Å²) in [5, 5.41) is 9.48. The lowest BCUT2D eigenvalue weighted by molar-refractivity contribution is -0.147. The van der Waals surface area contributed by atoms with Crippen LogP contribution in [0.5, 0.6) is 0 Å². The Labute approximate surface area is 370 Å². The molecule has 15 nitrogen and oxygen atoms in total. The Morgan fingerprint density at radius 1 is 0.790 bits per heavy atom. The lowest BCUT2D eigenvalue weighted by atomic mass is 9.69. The van der Waals surface area contributed by atoms with Crippen molar-refractivity contribution < 1.29 is 37.1 Å². The Kier molecular flexibility index (Phi) is 12.9. The average Bonchev–Trinajstić information content (AvgIpc) is 3.73. The fourth-order valence-electron chi connectivity index (χ4n) is 13.2. The third kappa shape index (κ3) is 7.61. The number of rotatable bonds is 16. The number of likely N-dealkylation sites (tertiary alicyclic amines) is 2. The van der Waals surface area contributed by atoms with Crippen molar-refractivity contribution >= 4 is 39.7 Å². The zero-order valence-corrected chi connectivity index (χ0v) is 39.4. The van der Waals surface area contributed by atoms with Crippen molar-refractivity contribution in [3.8, 4) is 0 Å². The van der Waals surface area contributed by atoms with Gasteiger partial charge >= 0.3 is 10.2 Å². The molecule has 62 heavy (non-hydrogen) atoms. The molecule has 0 aromatic heterocycles. The van der Waals surface area contributed by atoms with Gasteiger partial charge in [-0.15, -0.1) is 6.58 Å². The molecule has 7 fully saturated rings. The van der Waals surface area contributed by atoms with E-state index in [2.05, 4.69) is 52.9 Å². The third-order valence-corrected chi connectivity index (χ3v) is 19.5. The topological polar surface area (TPSA) is 187 Å². The summed E-state index contributed by atoms with van der Waals surface area (Å²) in [6.45, 7) is 21.0. The monoisotopic (exact) mass is 886 g/mol. The molecule has 7 atom stereocenters. The van der Waals surface area contributed by atoms with E-state index in [9.17, 15) is 22.8 Å². The van der Waals surface area contributed by atoms with Gasteiger partial charge in [0.05, 0.1) is 6.04 Å². The van der Waals surface area contributed by atoms with Crippen LogP contribution >= 0.6 is 0 Å². The lowest BCUT2D eigenvalue weighted by Gasteiger charge is -2.45. The molecule has 348 valence electrons. The number of ether oxygens (including phenoxy) is 1. The number of hydrogen-bond acceptors (Lipinski definition) is 9. The van der Waals surface area contributed by atoms with E-state index < -0.39 is 68.3 Å².